The zero-order valence-electron chi connectivity index (χ0n) is 22.9. The molecule has 0 amide bonds. The molecule has 6 heteroatoms. The first-order valence-corrected chi connectivity index (χ1v) is 14.2. The van der Waals surface area contributed by atoms with Crippen molar-refractivity contribution in [2.75, 3.05) is 59.9 Å². The molecule has 0 bridgehead atoms. The summed E-state index contributed by atoms with van der Waals surface area (Å²) in [5, 5.41) is 3.60. The van der Waals surface area contributed by atoms with Crippen LogP contribution >= 0.6 is 0 Å². The Bertz CT molecular complexity index is 1280. The zero-order valence-corrected chi connectivity index (χ0v) is 22.9. The van der Waals surface area contributed by atoms with Gasteiger partial charge in [-0.05, 0) is 67.7 Å². The van der Waals surface area contributed by atoms with Crippen LogP contribution in [0, 0.1) is 0 Å². The Balaban J connectivity index is 1.03. The minimum absolute atomic E-state index is 0.205. The van der Waals surface area contributed by atoms with Crippen molar-refractivity contribution in [1.29, 1.82) is 0 Å². The van der Waals surface area contributed by atoms with Crippen molar-refractivity contribution in [3.05, 3.63) is 83.0 Å². The maximum absolute atomic E-state index is 5.08. The van der Waals surface area contributed by atoms with Crippen molar-refractivity contribution in [2.24, 2.45) is 9.98 Å². The van der Waals surface area contributed by atoms with E-state index in [0.29, 0.717) is 0 Å². The number of aliphatic imine (C=N–C) groups is 2. The van der Waals surface area contributed by atoms with E-state index in [4.69, 9.17) is 9.98 Å². The van der Waals surface area contributed by atoms with E-state index in [1.54, 1.807) is 0 Å². The summed E-state index contributed by atoms with van der Waals surface area (Å²) in [7, 11) is 4.23. The summed E-state index contributed by atoms with van der Waals surface area (Å²) >= 11 is 0. The van der Waals surface area contributed by atoms with Gasteiger partial charge < -0.3 is 10.2 Å². The van der Waals surface area contributed by atoms with E-state index in [1.807, 2.05) is 0 Å². The third-order valence-electron chi connectivity index (χ3n) is 8.11. The molecule has 2 aliphatic heterocycles. The fourth-order valence-electron chi connectivity index (χ4n) is 6.07. The molecule has 198 valence electrons. The summed E-state index contributed by atoms with van der Waals surface area (Å²) in [6.07, 6.45) is 9.65. The van der Waals surface area contributed by atoms with Crippen molar-refractivity contribution in [3.63, 3.8) is 0 Å². The number of rotatable bonds is 8. The molecule has 0 radical (unpaired) electrons. The quantitative estimate of drug-likeness (QED) is 0.468. The number of piperazine rings is 1. The highest BCUT2D eigenvalue weighted by Gasteiger charge is 2.27. The Morgan fingerprint density at radius 2 is 1.76 bits per heavy atom. The number of nitrogens with zero attached hydrogens (tertiary/aromatic N) is 5. The zero-order chi connectivity index (χ0) is 25.9. The Kier molecular flexibility index (Phi) is 7.54. The van der Waals surface area contributed by atoms with E-state index >= 15 is 0 Å². The molecule has 1 saturated heterocycles. The van der Waals surface area contributed by atoms with E-state index in [0.717, 1.165) is 83.3 Å². The van der Waals surface area contributed by atoms with Crippen LogP contribution in [0.4, 0.5) is 0 Å². The van der Waals surface area contributed by atoms with Gasteiger partial charge in [0.05, 0.1) is 12.6 Å². The van der Waals surface area contributed by atoms with Crippen molar-refractivity contribution in [2.45, 2.75) is 31.8 Å². The highest BCUT2D eigenvalue weighted by Crippen LogP contribution is 2.36. The molecule has 1 fully saturated rings. The first-order valence-electron chi connectivity index (χ1n) is 14.2. The van der Waals surface area contributed by atoms with E-state index < -0.39 is 0 Å². The van der Waals surface area contributed by atoms with Crippen molar-refractivity contribution < 1.29 is 0 Å². The molecule has 2 aliphatic carbocycles. The molecule has 0 spiro atoms. The van der Waals surface area contributed by atoms with Crippen molar-refractivity contribution >= 4 is 11.7 Å². The lowest BCUT2D eigenvalue weighted by molar-refractivity contribution is 0.139. The molecule has 4 aliphatic rings. The Hall–Kier alpha value is -3.06. The average molecular weight is 509 g/mol. The molecule has 2 aromatic rings. The SMILES string of the molecule is CN(C)CCCN=C1NC(CN2CCN(Cc3ccc4c(c3)Cc3ccccc3-4)CC2)=NC2CC=CC=C12. The Morgan fingerprint density at radius 3 is 2.61 bits per heavy atom. The second-order valence-electron chi connectivity index (χ2n) is 11.3. The molecule has 6 rings (SSSR count). The highest BCUT2D eigenvalue weighted by molar-refractivity contribution is 6.13. The van der Waals surface area contributed by atoms with Crippen LogP contribution in [0.5, 0.6) is 0 Å². The standard InChI is InChI=1S/C32H40N6/c1-36(2)15-7-14-33-32-29-10-5-6-11-30(29)34-31(35-32)23-38-18-16-37(17-19-38)22-24-12-13-28-26(20-24)21-25-8-3-4-9-27(25)28/h3-6,8-10,12-13,20,30H,7,11,14-19,21-23H2,1-2H3,(H,33,34,35). The van der Waals surface area contributed by atoms with Gasteiger partial charge in [0.2, 0.25) is 0 Å². The van der Waals surface area contributed by atoms with Crippen molar-refractivity contribution in [1.82, 2.24) is 20.0 Å². The summed E-state index contributed by atoms with van der Waals surface area (Å²) in [5.41, 5.74) is 8.44. The summed E-state index contributed by atoms with van der Waals surface area (Å²) in [6, 6.07) is 16.1. The molecule has 2 aromatic carbocycles. The van der Waals surface area contributed by atoms with Gasteiger partial charge in [-0.3, -0.25) is 19.8 Å². The molecule has 38 heavy (non-hydrogen) atoms. The number of fused-ring (bicyclic) bond motifs is 4. The minimum Gasteiger partial charge on any atom is -0.328 e. The normalized spacial score (nSPS) is 22.1. The summed E-state index contributed by atoms with van der Waals surface area (Å²) < 4.78 is 0. The fraction of sp³-hybridized carbons (Fsp3) is 0.438. The molecular formula is C32H40N6. The lowest BCUT2D eigenvalue weighted by atomic mass is 9.96. The second-order valence-corrected chi connectivity index (χ2v) is 11.3. The monoisotopic (exact) mass is 508 g/mol. The molecule has 1 atom stereocenters. The van der Waals surface area contributed by atoms with E-state index in [9.17, 15) is 0 Å². The Labute approximate surface area is 227 Å². The van der Waals surface area contributed by atoms with Gasteiger partial charge in [-0.1, -0.05) is 60.7 Å². The largest absolute Gasteiger partial charge is 0.328 e. The lowest BCUT2D eigenvalue weighted by Crippen LogP contribution is -2.51. The smallest absolute Gasteiger partial charge is 0.131 e. The number of hydrogen-bond acceptors (Lipinski definition) is 5. The van der Waals surface area contributed by atoms with Gasteiger partial charge in [0.25, 0.3) is 0 Å². The van der Waals surface area contributed by atoms with Crippen LogP contribution in [0.1, 0.15) is 29.5 Å². The first-order chi connectivity index (χ1) is 18.6. The maximum Gasteiger partial charge on any atom is 0.131 e. The number of allylic oxidation sites excluding steroid dienone is 2. The molecule has 6 nitrogen and oxygen atoms in total. The van der Waals surface area contributed by atoms with Crippen molar-refractivity contribution in [3.8, 4) is 11.1 Å². The van der Waals surface area contributed by atoms with Gasteiger partial charge in [-0.15, -0.1) is 0 Å². The molecule has 1 unspecified atom stereocenters. The highest BCUT2D eigenvalue weighted by atomic mass is 15.3. The maximum atomic E-state index is 5.08. The Morgan fingerprint density at radius 1 is 0.974 bits per heavy atom. The third kappa shape index (κ3) is 5.68. The number of nitrogens with one attached hydrogen (secondary N) is 1. The van der Waals surface area contributed by atoms with Gasteiger partial charge >= 0.3 is 0 Å². The summed E-state index contributed by atoms with van der Waals surface area (Å²) in [5.74, 6) is 2.10. The van der Waals surface area contributed by atoms with Gasteiger partial charge in [0, 0.05) is 44.8 Å². The van der Waals surface area contributed by atoms with Crippen LogP contribution in [-0.2, 0) is 13.0 Å². The van der Waals surface area contributed by atoms with Gasteiger partial charge in [-0.25, -0.2) is 0 Å². The molecular weight excluding hydrogens is 468 g/mol. The van der Waals surface area contributed by atoms with Crippen LogP contribution in [0.15, 0.2) is 76.3 Å². The molecule has 2 heterocycles. The average Bonchev–Trinajstić information content (AvgIpc) is 3.30. The van der Waals surface area contributed by atoms with Gasteiger partial charge in [-0.2, -0.15) is 0 Å². The van der Waals surface area contributed by atoms with Crippen LogP contribution in [0.2, 0.25) is 0 Å². The third-order valence-corrected chi connectivity index (χ3v) is 8.11. The molecule has 0 saturated carbocycles. The van der Waals surface area contributed by atoms with Crippen LogP contribution < -0.4 is 5.32 Å². The summed E-state index contributed by atoms with van der Waals surface area (Å²) in [6.45, 7) is 8.12. The van der Waals surface area contributed by atoms with E-state index in [2.05, 4.69) is 94.8 Å². The number of hydrogen-bond donors (Lipinski definition) is 1. The van der Waals surface area contributed by atoms with Gasteiger partial charge in [0.1, 0.15) is 11.7 Å². The van der Waals surface area contributed by atoms with Crippen LogP contribution in [0.3, 0.4) is 0 Å². The number of amidine groups is 2. The molecule has 0 aromatic heterocycles. The first kappa shape index (κ1) is 25.2. The van der Waals surface area contributed by atoms with Gasteiger partial charge in [0.15, 0.2) is 0 Å². The molecule has 1 N–H and O–H groups in total. The van der Waals surface area contributed by atoms with E-state index in [1.165, 1.54) is 33.4 Å². The number of benzene rings is 2. The fourth-order valence-corrected chi connectivity index (χ4v) is 6.07. The second kappa shape index (κ2) is 11.4. The van der Waals surface area contributed by atoms with Crippen LogP contribution in [0.25, 0.3) is 11.1 Å². The topological polar surface area (TPSA) is 46.5 Å². The predicted octanol–water partition coefficient (Wildman–Crippen LogP) is 3.98. The van der Waals surface area contributed by atoms with E-state index in [-0.39, 0.29) is 6.04 Å². The minimum atomic E-state index is 0.205. The summed E-state index contributed by atoms with van der Waals surface area (Å²) in [4.78, 5) is 17.4. The predicted molar refractivity (Wildman–Crippen MR) is 158 cm³/mol. The lowest BCUT2D eigenvalue weighted by Gasteiger charge is -2.36. The van der Waals surface area contributed by atoms with Crippen LogP contribution in [-0.4, -0.2) is 92.3 Å².